The summed E-state index contributed by atoms with van der Waals surface area (Å²) in [6.07, 6.45) is 6.23. The SMILES string of the molecule is CCCCC(CCC)NCc1ccc(Cl)cc1Cl. The van der Waals surface area contributed by atoms with E-state index in [4.69, 9.17) is 23.2 Å². The Morgan fingerprint density at radius 1 is 1.11 bits per heavy atom. The highest BCUT2D eigenvalue weighted by Crippen LogP contribution is 2.21. The van der Waals surface area contributed by atoms with Gasteiger partial charge in [0.25, 0.3) is 0 Å². The third-order valence-corrected chi connectivity index (χ3v) is 3.73. The van der Waals surface area contributed by atoms with E-state index in [2.05, 4.69) is 19.2 Å². The normalized spacial score (nSPS) is 12.7. The van der Waals surface area contributed by atoms with Gasteiger partial charge < -0.3 is 5.32 Å². The quantitative estimate of drug-likeness (QED) is 0.671. The van der Waals surface area contributed by atoms with E-state index in [9.17, 15) is 0 Å². The Bertz CT molecular complexity index is 352. The minimum atomic E-state index is 0.599. The first-order valence-corrected chi connectivity index (χ1v) is 7.60. The van der Waals surface area contributed by atoms with E-state index in [1.165, 1.54) is 32.1 Å². The van der Waals surface area contributed by atoms with Crippen molar-refractivity contribution < 1.29 is 0 Å². The van der Waals surface area contributed by atoms with Gasteiger partial charge in [0.15, 0.2) is 0 Å². The van der Waals surface area contributed by atoms with E-state index in [1.54, 1.807) is 6.07 Å². The van der Waals surface area contributed by atoms with E-state index >= 15 is 0 Å². The minimum Gasteiger partial charge on any atom is -0.310 e. The summed E-state index contributed by atoms with van der Waals surface area (Å²) in [7, 11) is 0. The van der Waals surface area contributed by atoms with Crippen LogP contribution in [0.4, 0.5) is 0 Å². The zero-order valence-corrected chi connectivity index (χ0v) is 12.8. The Kier molecular flexibility index (Phi) is 7.73. The summed E-state index contributed by atoms with van der Waals surface area (Å²) in [6.45, 7) is 5.29. The van der Waals surface area contributed by atoms with Gasteiger partial charge in [0, 0.05) is 22.6 Å². The molecule has 1 aromatic rings. The average Bonchev–Trinajstić information content (AvgIpc) is 2.34. The van der Waals surface area contributed by atoms with E-state index in [0.29, 0.717) is 11.1 Å². The highest BCUT2D eigenvalue weighted by atomic mass is 35.5. The van der Waals surface area contributed by atoms with Crippen molar-refractivity contribution in [2.24, 2.45) is 0 Å². The zero-order valence-electron chi connectivity index (χ0n) is 11.3. The number of halogens is 2. The Labute approximate surface area is 121 Å². The predicted octanol–water partition coefficient (Wildman–Crippen LogP) is 5.44. The molecule has 0 spiro atoms. The van der Waals surface area contributed by atoms with Crippen LogP contribution >= 0.6 is 23.2 Å². The van der Waals surface area contributed by atoms with Crippen molar-refractivity contribution in [2.45, 2.75) is 58.5 Å². The lowest BCUT2D eigenvalue weighted by Crippen LogP contribution is -2.28. The molecule has 0 saturated carbocycles. The van der Waals surface area contributed by atoms with Gasteiger partial charge in [0.1, 0.15) is 0 Å². The van der Waals surface area contributed by atoms with E-state index in [1.807, 2.05) is 12.1 Å². The molecule has 0 aliphatic heterocycles. The Balaban J connectivity index is 2.49. The van der Waals surface area contributed by atoms with Crippen molar-refractivity contribution in [3.63, 3.8) is 0 Å². The van der Waals surface area contributed by atoms with Crippen LogP contribution in [0.15, 0.2) is 18.2 Å². The lowest BCUT2D eigenvalue weighted by atomic mass is 10.0. The molecule has 1 unspecified atom stereocenters. The lowest BCUT2D eigenvalue weighted by Gasteiger charge is -2.18. The van der Waals surface area contributed by atoms with Gasteiger partial charge in [0.05, 0.1) is 0 Å². The number of hydrogen-bond donors (Lipinski definition) is 1. The fourth-order valence-electron chi connectivity index (χ4n) is 2.07. The summed E-state index contributed by atoms with van der Waals surface area (Å²) in [5.74, 6) is 0. The molecule has 1 atom stereocenters. The molecule has 0 amide bonds. The number of benzene rings is 1. The fourth-order valence-corrected chi connectivity index (χ4v) is 2.54. The highest BCUT2D eigenvalue weighted by Gasteiger charge is 2.08. The number of hydrogen-bond acceptors (Lipinski definition) is 1. The molecule has 0 heterocycles. The number of nitrogens with one attached hydrogen (secondary N) is 1. The second-order valence-electron chi connectivity index (χ2n) is 4.74. The summed E-state index contributed by atoms with van der Waals surface area (Å²) in [4.78, 5) is 0. The first-order chi connectivity index (χ1) is 8.67. The summed E-state index contributed by atoms with van der Waals surface area (Å²) in [5.41, 5.74) is 1.12. The molecular weight excluding hydrogens is 265 g/mol. The smallest absolute Gasteiger partial charge is 0.0465 e. The third kappa shape index (κ3) is 5.60. The Morgan fingerprint density at radius 2 is 1.89 bits per heavy atom. The molecule has 1 N–H and O–H groups in total. The van der Waals surface area contributed by atoms with E-state index in [0.717, 1.165) is 17.1 Å². The predicted molar refractivity (Wildman–Crippen MR) is 81.5 cm³/mol. The van der Waals surface area contributed by atoms with Crippen LogP contribution in [0.2, 0.25) is 10.0 Å². The molecule has 1 aromatic carbocycles. The van der Waals surface area contributed by atoms with Crippen LogP contribution in [0.3, 0.4) is 0 Å². The van der Waals surface area contributed by atoms with Gasteiger partial charge in [-0.05, 0) is 30.5 Å². The van der Waals surface area contributed by atoms with Gasteiger partial charge in [0.2, 0.25) is 0 Å². The molecule has 0 fully saturated rings. The lowest BCUT2D eigenvalue weighted by molar-refractivity contribution is 0.434. The monoisotopic (exact) mass is 287 g/mol. The van der Waals surface area contributed by atoms with Gasteiger partial charge in [-0.3, -0.25) is 0 Å². The molecule has 18 heavy (non-hydrogen) atoms. The van der Waals surface area contributed by atoms with Crippen molar-refractivity contribution in [3.05, 3.63) is 33.8 Å². The number of rotatable bonds is 8. The average molecular weight is 288 g/mol. The largest absolute Gasteiger partial charge is 0.310 e. The summed E-state index contributed by atoms with van der Waals surface area (Å²) < 4.78 is 0. The summed E-state index contributed by atoms with van der Waals surface area (Å²) >= 11 is 12.1. The Morgan fingerprint density at radius 3 is 2.50 bits per heavy atom. The van der Waals surface area contributed by atoms with Crippen LogP contribution in [0, 0.1) is 0 Å². The van der Waals surface area contributed by atoms with Crippen molar-refractivity contribution in [1.82, 2.24) is 5.32 Å². The van der Waals surface area contributed by atoms with Crippen molar-refractivity contribution in [2.75, 3.05) is 0 Å². The van der Waals surface area contributed by atoms with Crippen LogP contribution in [0.25, 0.3) is 0 Å². The Hall–Kier alpha value is -0.240. The minimum absolute atomic E-state index is 0.599. The molecule has 1 nitrogen and oxygen atoms in total. The molecule has 0 saturated heterocycles. The van der Waals surface area contributed by atoms with Crippen LogP contribution in [-0.2, 0) is 6.54 Å². The van der Waals surface area contributed by atoms with Gasteiger partial charge in [-0.2, -0.15) is 0 Å². The fraction of sp³-hybridized carbons (Fsp3) is 0.600. The standard InChI is InChI=1S/C15H23Cl2N/c1-3-5-7-14(6-4-2)18-11-12-8-9-13(16)10-15(12)17/h8-10,14,18H,3-7,11H2,1-2H3. The molecule has 3 heteroatoms. The van der Waals surface area contributed by atoms with Gasteiger partial charge in [-0.1, -0.05) is 62.4 Å². The molecule has 0 aromatic heterocycles. The van der Waals surface area contributed by atoms with Crippen LogP contribution in [0.5, 0.6) is 0 Å². The van der Waals surface area contributed by atoms with Gasteiger partial charge in [-0.25, -0.2) is 0 Å². The maximum atomic E-state index is 6.17. The molecule has 0 bridgehead atoms. The van der Waals surface area contributed by atoms with E-state index in [-0.39, 0.29) is 0 Å². The summed E-state index contributed by atoms with van der Waals surface area (Å²) in [6, 6.07) is 6.30. The van der Waals surface area contributed by atoms with Gasteiger partial charge in [-0.15, -0.1) is 0 Å². The van der Waals surface area contributed by atoms with Crippen LogP contribution in [0.1, 0.15) is 51.5 Å². The molecule has 1 rings (SSSR count). The van der Waals surface area contributed by atoms with E-state index < -0.39 is 0 Å². The number of unbranched alkanes of at least 4 members (excludes halogenated alkanes) is 1. The molecule has 0 aliphatic rings. The van der Waals surface area contributed by atoms with Crippen LogP contribution < -0.4 is 5.32 Å². The summed E-state index contributed by atoms with van der Waals surface area (Å²) in [5, 5.41) is 5.05. The molecular formula is C15H23Cl2N. The second kappa shape index (κ2) is 8.79. The topological polar surface area (TPSA) is 12.0 Å². The zero-order chi connectivity index (χ0) is 13.4. The maximum Gasteiger partial charge on any atom is 0.0465 e. The first kappa shape index (κ1) is 15.8. The van der Waals surface area contributed by atoms with Crippen molar-refractivity contribution >= 4 is 23.2 Å². The van der Waals surface area contributed by atoms with Gasteiger partial charge >= 0.3 is 0 Å². The van der Waals surface area contributed by atoms with Crippen molar-refractivity contribution in [3.8, 4) is 0 Å². The molecule has 0 radical (unpaired) electrons. The third-order valence-electron chi connectivity index (χ3n) is 3.14. The molecule has 0 aliphatic carbocycles. The van der Waals surface area contributed by atoms with Crippen LogP contribution in [-0.4, -0.2) is 6.04 Å². The maximum absolute atomic E-state index is 6.17. The highest BCUT2D eigenvalue weighted by molar-refractivity contribution is 6.35. The molecule has 102 valence electrons. The first-order valence-electron chi connectivity index (χ1n) is 6.84. The second-order valence-corrected chi connectivity index (χ2v) is 5.59. The van der Waals surface area contributed by atoms with Crippen molar-refractivity contribution in [1.29, 1.82) is 0 Å².